The third kappa shape index (κ3) is 2.98. The zero-order chi connectivity index (χ0) is 17.5. The lowest BCUT2D eigenvalue weighted by molar-refractivity contribution is -0.147. The molecule has 24 heavy (non-hydrogen) atoms. The van der Waals surface area contributed by atoms with Crippen molar-refractivity contribution in [2.45, 2.75) is 23.2 Å². The molecule has 1 aliphatic heterocycles. The lowest BCUT2D eigenvalue weighted by atomic mass is 10.2. The lowest BCUT2D eigenvalue weighted by Crippen LogP contribution is -2.24. The van der Waals surface area contributed by atoms with Crippen LogP contribution >= 0.6 is 11.6 Å². The van der Waals surface area contributed by atoms with Gasteiger partial charge in [0.05, 0.1) is 14.8 Å². The van der Waals surface area contributed by atoms with Gasteiger partial charge in [0.25, 0.3) is 0 Å². The lowest BCUT2D eigenvalue weighted by Gasteiger charge is -2.08. The van der Waals surface area contributed by atoms with E-state index in [-0.39, 0.29) is 26.3 Å². The predicted octanol–water partition coefficient (Wildman–Crippen LogP) is 3.23. The van der Waals surface area contributed by atoms with Gasteiger partial charge in [-0.3, -0.25) is 0 Å². The molecule has 0 fully saturated rings. The standard InChI is InChI=1S/C15H11ClO7S/c1-8-3-2-4-9(5-8)24(19,20)13-7-12-11(6-10(13)16)21-15(22-12)23-14(17)18/h2-7,15H,1H3,(H,17,18). The van der Waals surface area contributed by atoms with Crippen LogP contribution in [0.15, 0.2) is 46.2 Å². The minimum Gasteiger partial charge on any atom is -0.450 e. The Bertz CT molecular complexity index is 923. The summed E-state index contributed by atoms with van der Waals surface area (Å²) in [6.07, 6.45) is -1.59. The van der Waals surface area contributed by atoms with E-state index in [0.717, 1.165) is 5.56 Å². The van der Waals surface area contributed by atoms with E-state index < -0.39 is 22.5 Å². The second-order valence-electron chi connectivity index (χ2n) is 4.96. The number of benzene rings is 2. The summed E-state index contributed by atoms with van der Waals surface area (Å²) in [5.41, 5.74) is 0.780. The average molecular weight is 371 g/mol. The molecule has 0 spiro atoms. The number of fused-ring (bicyclic) bond motifs is 1. The molecule has 7 nitrogen and oxygen atoms in total. The number of sulfone groups is 1. The molecule has 2 aromatic rings. The number of halogens is 1. The molecule has 0 aromatic heterocycles. The summed E-state index contributed by atoms with van der Waals surface area (Å²) in [4.78, 5) is 10.4. The van der Waals surface area contributed by atoms with Crippen molar-refractivity contribution in [3.63, 3.8) is 0 Å². The topological polar surface area (TPSA) is 99.1 Å². The largest absolute Gasteiger partial charge is 0.511 e. The van der Waals surface area contributed by atoms with Crippen molar-refractivity contribution in [3.8, 4) is 11.5 Å². The Kier molecular flexibility index (Phi) is 4.02. The number of ether oxygens (including phenoxy) is 3. The molecular weight excluding hydrogens is 360 g/mol. The summed E-state index contributed by atoms with van der Waals surface area (Å²) in [6.45, 7) is 0.263. The monoisotopic (exact) mass is 370 g/mol. The van der Waals surface area contributed by atoms with Crippen molar-refractivity contribution in [1.82, 2.24) is 0 Å². The minimum atomic E-state index is -3.88. The van der Waals surface area contributed by atoms with E-state index >= 15 is 0 Å². The molecule has 1 unspecified atom stereocenters. The van der Waals surface area contributed by atoms with E-state index in [1.807, 2.05) is 0 Å². The van der Waals surface area contributed by atoms with Crippen LogP contribution in [0.4, 0.5) is 4.79 Å². The molecule has 0 saturated heterocycles. The zero-order valence-electron chi connectivity index (χ0n) is 12.2. The highest BCUT2D eigenvalue weighted by molar-refractivity contribution is 7.91. The molecule has 0 amide bonds. The van der Waals surface area contributed by atoms with Crippen molar-refractivity contribution in [2.75, 3.05) is 0 Å². The summed E-state index contributed by atoms with van der Waals surface area (Å²) in [5.74, 6) is 0.117. The van der Waals surface area contributed by atoms with E-state index in [4.69, 9.17) is 26.2 Å². The highest BCUT2D eigenvalue weighted by Crippen LogP contribution is 2.42. The maximum absolute atomic E-state index is 12.8. The van der Waals surface area contributed by atoms with Crippen LogP contribution < -0.4 is 9.47 Å². The van der Waals surface area contributed by atoms with Crippen molar-refractivity contribution in [1.29, 1.82) is 0 Å². The van der Waals surface area contributed by atoms with Gasteiger partial charge >= 0.3 is 12.6 Å². The normalized spacial score (nSPS) is 16.0. The van der Waals surface area contributed by atoms with Gasteiger partial charge in [-0.1, -0.05) is 23.7 Å². The average Bonchev–Trinajstić information content (AvgIpc) is 2.86. The minimum absolute atomic E-state index is 0.0249. The molecule has 126 valence electrons. The quantitative estimate of drug-likeness (QED) is 0.828. The first-order chi connectivity index (χ1) is 11.3. The Morgan fingerprint density at radius 3 is 2.50 bits per heavy atom. The first kappa shape index (κ1) is 16.4. The Morgan fingerprint density at radius 2 is 1.88 bits per heavy atom. The molecule has 1 atom stereocenters. The second kappa shape index (κ2) is 5.88. The summed E-state index contributed by atoms with van der Waals surface area (Å²) < 4.78 is 40.1. The van der Waals surface area contributed by atoms with Gasteiger partial charge in [-0.05, 0) is 24.6 Å². The number of hydrogen-bond donors (Lipinski definition) is 1. The smallest absolute Gasteiger partial charge is 0.450 e. The van der Waals surface area contributed by atoms with Crippen LogP contribution in [-0.2, 0) is 14.6 Å². The fraction of sp³-hybridized carbons (Fsp3) is 0.133. The second-order valence-corrected chi connectivity index (χ2v) is 7.28. The first-order valence-electron chi connectivity index (χ1n) is 6.65. The van der Waals surface area contributed by atoms with Crippen LogP contribution in [0.5, 0.6) is 11.5 Å². The van der Waals surface area contributed by atoms with Gasteiger partial charge in [0, 0.05) is 12.1 Å². The van der Waals surface area contributed by atoms with Crippen molar-refractivity contribution >= 4 is 27.6 Å². The number of carboxylic acid groups (broad SMARTS) is 1. The first-order valence-corrected chi connectivity index (χ1v) is 8.51. The predicted molar refractivity (Wildman–Crippen MR) is 82.2 cm³/mol. The van der Waals surface area contributed by atoms with Crippen LogP contribution in [0.1, 0.15) is 5.56 Å². The summed E-state index contributed by atoms with van der Waals surface area (Å²) >= 11 is 6.06. The molecule has 0 aliphatic carbocycles. The van der Waals surface area contributed by atoms with Gasteiger partial charge in [-0.15, -0.1) is 0 Å². The van der Waals surface area contributed by atoms with Gasteiger partial charge in [-0.2, -0.15) is 0 Å². The van der Waals surface area contributed by atoms with E-state index in [1.165, 1.54) is 24.3 Å². The third-order valence-electron chi connectivity index (χ3n) is 3.23. The Hall–Kier alpha value is -2.45. The summed E-state index contributed by atoms with van der Waals surface area (Å²) in [6, 6.07) is 8.80. The molecule has 1 heterocycles. The zero-order valence-corrected chi connectivity index (χ0v) is 13.8. The SMILES string of the molecule is Cc1cccc(S(=O)(=O)c2cc3c(cc2Cl)OC(OC(=O)O)O3)c1. The Balaban J connectivity index is 2.01. The molecule has 2 aromatic carbocycles. The van der Waals surface area contributed by atoms with Crippen LogP contribution in [0.3, 0.4) is 0 Å². The van der Waals surface area contributed by atoms with Crippen LogP contribution in [0, 0.1) is 6.92 Å². The van der Waals surface area contributed by atoms with E-state index in [1.54, 1.807) is 19.1 Å². The molecule has 0 saturated carbocycles. The fourth-order valence-corrected chi connectivity index (χ4v) is 4.07. The van der Waals surface area contributed by atoms with Gasteiger partial charge in [-0.25, -0.2) is 13.2 Å². The number of hydrogen-bond acceptors (Lipinski definition) is 6. The molecule has 1 N–H and O–H groups in total. The van der Waals surface area contributed by atoms with Gasteiger partial charge < -0.3 is 19.3 Å². The van der Waals surface area contributed by atoms with Crippen LogP contribution in [0.25, 0.3) is 0 Å². The summed E-state index contributed by atoms with van der Waals surface area (Å²) in [5, 5.41) is 8.49. The highest BCUT2D eigenvalue weighted by atomic mass is 35.5. The van der Waals surface area contributed by atoms with E-state index in [9.17, 15) is 13.2 Å². The number of aryl methyl sites for hydroxylation is 1. The fourth-order valence-electron chi connectivity index (χ4n) is 2.18. The Labute approximate surface area is 142 Å². The van der Waals surface area contributed by atoms with Crippen molar-refractivity contribution in [2.24, 2.45) is 0 Å². The maximum atomic E-state index is 12.8. The molecule has 0 bridgehead atoms. The maximum Gasteiger partial charge on any atom is 0.511 e. The summed E-state index contributed by atoms with van der Waals surface area (Å²) in [7, 11) is -3.88. The van der Waals surface area contributed by atoms with Crippen LogP contribution in [-0.4, -0.2) is 26.2 Å². The number of rotatable bonds is 3. The molecule has 9 heteroatoms. The van der Waals surface area contributed by atoms with Crippen molar-refractivity contribution < 1.29 is 32.5 Å². The van der Waals surface area contributed by atoms with Gasteiger partial charge in [0.15, 0.2) is 11.5 Å². The molecule has 0 radical (unpaired) electrons. The molecule has 1 aliphatic rings. The van der Waals surface area contributed by atoms with Gasteiger partial charge in [0.2, 0.25) is 9.84 Å². The third-order valence-corrected chi connectivity index (χ3v) is 5.45. The Morgan fingerprint density at radius 1 is 1.21 bits per heavy atom. The van der Waals surface area contributed by atoms with Gasteiger partial charge in [0.1, 0.15) is 0 Å². The van der Waals surface area contributed by atoms with Crippen LogP contribution in [0.2, 0.25) is 5.02 Å². The van der Waals surface area contributed by atoms with E-state index in [0.29, 0.717) is 0 Å². The number of carbonyl (C=O) groups is 1. The highest BCUT2D eigenvalue weighted by Gasteiger charge is 2.32. The molecule has 3 rings (SSSR count). The molecular formula is C15H11ClO7S. The van der Waals surface area contributed by atoms with E-state index in [2.05, 4.69) is 4.74 Å². The van der Waals surface area contributed by atoms with Crippen molar-refractivity contribution in [3.05, 3.63) is 47.0 Å².